The molecule has 0 spiro atoms. The van der Waals surface area contributed by atoms with Crippen molar-refractivity contribution in [3.05, 3.63) is 72.0 Å². The summed E-state index contributed by atoms with van der Waals surface area (Å²) in [6.07, 6.45) is 1.83. The number of phenols is 1. The summed E-state index contributed by atoms with van der Waals surface area (Å²) >= 11 is 0. The first-order valence-electron chi connectivity index (χ1n) is 10.8. The third-order valence-electron chi connectivity index (χ3n) is 6.10. The molecule has 7 heteroatoms. The number of phenolic OH excluding ortho intramolecular Hbond substituents is 1. The predicted octanol–water partition coefficient (Wildman–Crippen LogP) is 5.50. The van der Waals surface area contributed by atoms with Crippen molar-refractivity contribution in [1.29, 1.82) is 0 Å². The van der Waals surface area contributed by atoms with Crippen LogP contribution in [0.4, 0.5) is 10.2 Å². The summed E-state index contributed by atoms with van der Waals surface area (Å²) in [5.41, 5.74) is 2.13. The minimum atomic E-state index is -0.350. The second-order valence-electron chi connectivity index (χ2n) is 8.01. The van der Waals surface area contributed by atoms with E-state index in [1.165, 1.54) is 12.1 Å². The standard InChI is InChI=1S/C26H24FN3O3/c1-32-17-10-12-24(33-2)20(15-17)22-7-5-13-30(22)26-19-14-16(27)9-11-21(19)28-25(29-26)18-6-3-4-8-23(18)31/h3-4,6,8-12,14-15,22,31H,5,7,13H2,1-2H3. The van der Waals surface area contributed by atoms with Gasteiger partial charge in [-0.15, -0.1) is 0 Å². The summed E-state index contributed by atoms with van der Waals surface area (Å²) in [7, 11) is 3.29. The SMILES string of the molecule is COc1ccc(OC)c(C2CCCN2c2nc(-c3ccccc3O)nc3ccc(F)cc23)c1. The molecule has 1 aliphatic rings. The van der Waals surface area contributed by atoms with Crippen LogP contribution in [0.15, 0.2) is 60.7 Å². The van der Waals surface area contributed by atoms with E-state index in [1.54, 1.807) is 38.5 Å². The van der Waals surface area contributed by atoms with E-state index in [0.29, 0.717) is 28.1 Å². The van der Waals surface area contributed by atoms with Crippen molar-refractivity contribution in [3.8, 4) is 28.6 Å². The molecular formula is C26H24FN3O3. The minimum absolute atomic E-state index is 0.0337. The van der Waals surface area contributed by atoms with Crippen LogP contribution >= 0.6 is 0 Å². The highest BCUT2D eigenvalue weighted by atomic mass is 19.1. The second-order valence-corrected chi connectivity index (χ2v) is 8.01. The van der Waals surface area contributed by atoms with E-state index in [1.807, 2.05) is 24.3 Å². The highest BCUT2D eigenvalue weighted by Crippen LogP contribution is 2.43. The molecule has 1 saturated heterocycles. The van der Waals surface area contributed by atoms with E-state index in [9.17, 15) is 9.50 Å². The fraction of sp³-hybridized carbons (Fsp3) is 0.231. The van der Waals surface area contributed by atoms with Gasteiger partial charge in [-0.25, -0.2) is 14.4 Å². The Morgan fingerprint density at radius 1 is 1.00 bits per heavy atom. The summed E-state index contributed by atoms with van der Waals surface area (Å²) in [6, 6.07) is 17.2. The van der Waals surface area contributed by atoms with Gasteiger partial charge >= 0.3 is 0 Å². The fourth-order valence-corrected chi connectivity index (χ4v) is 4.53. The zero-order valence-electron chi connectivity index (χ0n) is 18.5. The maximum Gasteiger partial charge on any atom is 0.165 e. The van der Waals surface area contributed by atoms with E-state index in [2.05, 4.69) is 9.88 Å². The number of nitrogens with zero attached hydrogens (tertiary/aromatic N) is 3. The number of methoxy groups -OCH3 is 2. The molecule has 3 aromatic carbocycles. The number of benzene rings is 3. The zero-order chi connectivity index (χ0) is 22.9. The number of halogens is 1. The molecule has 6 nitrogen and oxygen atoms in total. The molecule has 2 heterocycles. The number of fused-ring (bicyclic) bond motifs is 1. The lowest BCUT2D eigenvalue weighted by atomic mass is 10.0. The second kappa shape index (κ2) is 8.58. The number of hydrogen-bond acceptors (Lipinski definition) is 6. The Kier molecular flexibility index (Phi) is 5.46. The summed E-state index contributed by atoms with van der Waals surface area (Å²) in [4.78, 5) is 11.6. The quantitative estimate of drug-likeness (QED) is 0.438. The highest BCUT2D eigenvalue weighted by Gasteiger charge is 2.31. The Morgan fingerprint density at radius 2 is 1.85 bits per heavy atom. The third-order valence-corrected chi connectivity index (χ3v) is 6.10. The van der Waals surface area contributed by atoms with Gasteiger partial charge in [-0.2, -0.15) is 0 Å². The van der Waals surface area contributed by atoms with Gasteiger partial charge < -0.3 is 19.5 Å². The Bertz CT molecular complexity index is 1330. The summed E-state index contributed by atoms with van der Waals surface area (Å²) < 4.78 is 25.4. The van der Waals surface area contributed by atoms with Crippen molar-refractivity contribution in [2.24, 2.45) is 0 Å². The molecule has 0 aliphatic carbocycles. The van der Waals surface area contributed by atoms with Crippen molar-refractivity contribution in [2.45, 2.75) is 18.9 Å². The number of rotatable bonds is 5. The van der Waals surface area contributed by atoms with Crippen LogP contribution in [0.25, 0.3) is 22.3 Å². The van der Waals surface area contributed by atoms with Gasteiger partial charge in [0, 0.05) is 17.5 Å². The van der Waals surface area contributed by atoms with Crippen LogP contribution < -0.4 is 14.4 Å². The van der Waals surface area contributed by atoms with Gasteiger partial charge in [-0.05, 0) is 61.4 Å². The lowest BCUT2D eigenvalue weighted by molar-refractivity contribution is 0.395. The molecule has 1 atom stereocenters. The lowest BCUT2D eigenvalue weighted by Gasteiger charge is -2.29. The molecule has 1 aliphatic heterocycles. The predicted molar refractivity (Wildman–Crippen MR) is 125 cm³/mol. The zero-order valence-corrected chi connectivity index (χ0v) is 18.5. The van der Waals surface area contributed by atoms with Gasteiger partial charge in [0.1, 0.15) is 28.9 Å². The van der Waals surface area contributed by atoms with Crippen LogP contribution in [-0.2, 0) is 0 Å². The van der Waals surface area contributed by atoms with E-state index in [0.717, 1.165) is 36.4 Å². The highest BCUT2D eigenvalue weighted by molar-refractivity contribution is 5.92. The number of aromatic nitrogens is 2. The van der Waals surface area contributed by atoms with Crippen LogP contribution in [0.2, 0.25) is 0 Å². The van der Waals surface area contributed by atoms with Crippen molar-refractivity contribution >= 4 is 16.7 Å². The van der Waals surface area contributed by atoms with E-state index in [-0.39, 0.29) is 17.6 Å². The van der Waals surface area contributed by atoms with Crippen molar-refractivity contribution in [1.82, 2.24) is 9.97 Å². The molecule has 168 valence electrons. The molecule has 1 fully saturated rings. The molecule has 0 amide bonds. The first-order valence-corrected chi connectivity index (χ1v) is 10.8. The van der Waals surface area contributed by atoms with Gasteiger partial charge in [-0.3, -0.25) is 0 Å². The van der Waals surface area contributed by atoms with Crippen LogP contribution in [-0.4, -0.2) is 35.8 Å². The number of ether oxygens (including phenoxy) is 2. The number of anilines is 1. The summed E-state index contributed by atoms with van der Waals surface area (Å²) in [5.74, 6) is 2.27. The van der Waals surface area contributed by atoms with Gasteiger partial charge in [-0.1, -0.05) is 12.1 Å². The van der Waals surface area contributed by atoms with E-state index >= 15 is 0 Å². The topological polar surface area (TPSA) is 67.7 Å². The maximum absolute atomic E-state index is 14.3. The largest absolute Gasteiger partial charge is 0.507 e. The Morgan fingerprint density at radius 3 is 2.64 bits per heavy atom. The first-order chi connectivity index (χ1) is 16.1. The number of hydrogen-bond donors (Lipinski definition) is 1. The van der Waals surface area contributed by atoms with E-state index < -0.39 is 0 Å². The van der Waals surface area contributed by atoms with Crippen molar-refractivity contribution in [3.63, 3.8) is 0 Å². The normalized spacial score (nSPS) is 15.7. The Balaban J connectivity index is 1.70. The fourth-order valence-electron chi connectivity index (χ4n) is 4.53. The van der Waals surface area contributed by atoms with Crippen LogP contribution in [0, 0.1) is 5.82 Å². The number of aromatic hydroxyl groups is 1. The Labute approximate surface area is 191 Å². The molecule has 1 aromatic heterocycles. The minimum Gasteiger partial charge on any atom is -0.507 e. The third kappa shape index (κ3) is 3.80. The van der Waals surface area contributed by atoms with Crippen LogP contribution in [0.1, 0.15) is 24.4 Å². The van der Waals surface area contributed by atoms with Crippen LogP contribution in [0.3, 0.4) is 0 Å². The average Bonchev–Trinajstić information content (AvgIpc) is 3.33. The van der Waals surface area contributed by atoms with Crippen molar-refractivity contribution < 1.29 is 19.0 Å². The monoisotopic (exact) mass is 445 g/mol. The molecular weight excluding hydrogens is 421 g/mol. The molecule has 4 aromatic rings. The first kappa shape index (κ1) is 21.0. The van der Waals surface area contributed by atoms with Gasteiger partial charge in [0.05, 0.1) is 31.3 Å². The molecule has 0 bridgehead atoms. The smallest absolute Gasteiger partial charge is 0.165 e. The molecule has 5 rings (SSSR count). The summed E-state index contributed by atoms with van der Waals surface area (Å²) in [5, 5.41) is 11.0. The molecule has 0 saturated carbocycles. The molecule has 1 N–H and O–H groups in total. The molecule has 0 radical (unpaired) electrons. The molecule has 33 heavy (non-hydrogen) atoms. The number of para-hydroxylation sites is 1. The molecule has 1 unspecified atom stereocenters. The Hall–Kier alpha value is -3.87. The van der Waals surface area contributed by atoms with E-state index in [4.69, 9.17) is 14.5 Å². The van der Waals surface area contributed by atoms with Gasteiger partial charge in [0.2, 0.25) is 0 Å². The average molecular weight is 445 g/mol. The van der Waals surface area contributed by atoms with Gasteiger partial charge in [0.15, 0.2) is 5.82 Å². The lowest BCUT2D eigenvalue weighted by Crippen LogP contribution is -2.24. The maximum atomic E-state index is 14.3. The van der Waals surface area contributed by atoms with Crippen LogP contribution in [0.5, 0.6) is 17.2 Å². The van der Waals surface area contributed by atoms with Gasteiger partial charge in [0.25, 0.3) is 0 Å². The van der Waals surface area contributed by atoms with Crippen molar-refractivity contribution in [2.75, 3.05) is 25.7 Å². The summed E-state index contributed by atoms with van der Waals surface area (Å²) in [6.45, 7) is 0.744.